The Balaban J connectivity index is 1.48. The first kappa shape index (κ1) is 24.5. The van der Waals surface area contributed by atoms with Gasteiger partial charge in [0.15, 0.2) is 5.13 Å². The normalized spacial score (nSPS) is 12.2. The van der Waals surface area contributed by atoms with Crippen LogP contribution >= 0.6 is 11.3 Å². The number of fused-ring (bicyclic) bond motifs is 1. The van der Waals surface area contributed by atoms with E-state index in [-0.39, 0.29) is 28.2 Å². The SMILES string of the molecule is Cc1cccc(N=c2oc3cc(O)ccc3cc2C(=O)Nc2nc(-c3ccc(C(C)(C)C)cc3)cs2)c1. The van der Waals surface area contributed by atoms with E-state index in [0.29, 0.717) is 21.8 Å². The van der Waals surface area contributed by atoms with E-state index in [1.165, 1.54) is 23.0 Å². The topological polar surface area (TPSA) is 87.7 Å². The number of carbonyl (C=O) groups is 1. The van der Waals surface area contributed by atoms with Gasteiger partial charge in [0, 0.05) is 22.4 Å². The van der Waals surface area contributed by atoms with Gasteiger partial charge in [-0.1, -0.05) is 57.2 Å². The van der Waals surface area contributed by atoms with Crippen molar-refractivity contribution in [2.45, 2.75) is 33.1 Å². The minimum absolute atomic E-state index is 0.0702. The van der Waals surface area contributed by atoms with Crippen LogP contribution in [0.2, 0.25) is 0 Å². The lowest BCUT2D eigenvalue weighted by Gasteiger charge is -2.18. The van der Waals surface area contributed by atoms with Crippen LogP contribution in [0, 0.1) is 6.92 Å². The average Bonchev–Trinajstić information content (AvgIpc) is 3.31. The smallest absolute Gasteiger partial charge is 0.262 e. The number of phenolic OH excluding ortho intramolecular Hbond substituents is 1. The van der Waals surface area contributed by atoms with Gasteiger partial charge in [0.2, 0.25) is 5.55 Å². The second kappa shape index (κ2) is 9.67. The minimum atomic E-state index is -0.380. The molecule has 0 atom stereocenters. The van der Waals surface area contributed by atoms with Gasteiger partial charge in [0.25, 0.3) is 5.91 Å². The molecule has 0 radical (unpaired) electrons. The third-order valence-corrected chi connectivity index (χ3v) is 6.74. The quantitative estimate of drug-likeness (QED) is 0.265. The Morgan fingerprint density at radius 1 is 1.03 bits per heavy atom. The Labute approximate surface area is 219 Å². The molecule has 0 unspecified atom stereocenters. The van der Waals surface area contributed by atoms with Gasteiger partial charge in [-0.05, 0) is 53.8 Å². The molecule has 186 valence electrons. The van der Waals surface area contributed by atoms with Gasteiger partial charge in [-0.15, -0.1) is 11.3 Å². The zero-order valence-electron chi connectivity index (χ0n) is 21.1. The van der Waals surface area contributed by atoms with Crippen molar-refractivity contribution >= 4 is 39.0 Å². The molecule has 6 nitrogen and oxygen atoms in total. The second-order valence-electron chi connectivity index (χ2n) is 9.96. The molecule has 5 rings (SSSR count). The second-order valence-corrected chi connectivity index (χ2v) is 10.8. The summed E-state index contributed by atoms with van der Waals surface area (Å²) in [5.74, 6) is -0.310. The number of nitrogens with one attached hydrogen (secondary N) is 1. The Morgan fingerprint density at radius 3 is 2.54 bits per heavy atom. The van der Waals surface area contributed by atoms with E-state index in [9.17, 15) is 9.90 Å². The number of rotatable bonds is 4. The number of anilines is 1. The molecule has 0 aliphatic rings. The van der Waals surface area contributed by atoms with E-state index < -0.39 is 0 Å². The highest BCUT2D eigenvalue weighted by Gasteiger charge is 2.17. The molecule has 0 saturated carbocycles. The van der Waals surface area contributed by atoms with Crippen LogP contribution in [0.15, 0.2) is 87.6 Å². The molecular formula is C30H27N3O3S. The molecular weight excluding hydrogens is 482 g/mol. The van der Waals surface area contributed by atoms with Crippen molar-refractivity contribution in [2.24, 2.45) is 4.99 Å². The van der Waals surface area contributed by atoms with Gasteiger partial charge in [-0.2, -0.15) is 0 Å². The number of thiazole rings is 1. The van der Waals surface area contributed by atoms with Crippen LogP contribution in [0.25, 0.3) is 22.2 Å². The molecule has 3 aromatic carbocycles. The van der Waals surface area contributed by atoms with E-state index in [2.05, 4.69) is 60.3 Å². The highest BCUT2D eigenvalue weighted by atomic mass is 32.1. The number of hydrogen-bond donors (Lipinski definition) is 2. The molecule has 2 N–H and O–H groups in total. The number of aromatic hydroxyl groups is 1. The molecule has 0 bridgehead atoms. The van der Waals surface area contributed by atoms with Crippen LogP contribution in [0.4, 0.5) is 10.8 Å². The van der Waals surface area contributed by atoms with Crippen LogP contribution < -0.4 is 10.9 Å². The van der Waals surface area contributed by atoms with Crippen molar-refractivity contribution in [3.8, 4) is 17.0 Å². The van der Waals surface area contributed by atoms with Crippen molar-refractivity contribution in [2.75, 3.05) is 5.32 Å². The summed E-state index contributed by atoms with van der Waals surface area (Å²) >= 11 is 1.36. The summed E-state index contributed by atoms with van der Waals surface area (Å²) in [7, 11) is 0. The summed E-state index contributed by atoms with van der Waals surface area (Å²) in [5.41, 5.74) is 5.65. The molecule has 0 aliphatic heterocycles. The van der Waals surface area contributed by atoms with Crippen LogP contribution in [0.5, 0.6) is 5.75 Å². The summed E-state index contributed by atoms with van der Waals surface area (Å²) in [4.78, 5) is 22.6. The van der Waals surface area contributed by atoms with Crippen molar-refractivity contribution < 1.29 is 14.3 Å². The molecule has 2 aromatic heterocycles. The molecule has 37 heavy (non-hydrogen) atoms. The monoisotopic (exact) mass is 509 g/mol. The summed E-state index contributed by atoms with van der Waals surface area (Å²) in [6, 6.07) is 22.4. The zero-order valence-corrected chi connectivity index (χ0v) is 21.9. The lowest BCUT2D eigenvalue weighted by atomic mass is 9.86. The van der Waals surface area contributed by atoms with Crippen molar-refractivity contribution in [3.05, 3.63) is 100 Å². The number of benzene rings is 3. The van der Waals surface area contributed by atoms with Crippen LogP contribution in [0.3, 0.4) is 0 Å². The van der Waals surface area contributed by atoms with Gasteiger partial charge in [0.05, 0.1) is 11.4 Å². The Bertz CT molecular complexity index is 1680. The molecule has 0 fully saturated rings. The highest BCUT2D eigenvalue weighted by Crippen LogP contribution is 2.29. The summed E-state index contributed by atoms with van der Waals surface area (Å²) in [6.45, 7) is 8.51. The standard InChI is InChI=1S/C30H27N3O3S/c1-18-6-5-7-22(14-18)31-28-24(15-20-10-13-23(34)16-26(20)36-28)27(35)33-29-32-25(17-37-29)19-8-11-21(12-9-19)30(2,3)4/h5-17,34H,1-4H3,(H,32,33,35). The summed E-state index contributed by atoms with van der Waals surface area (Å²) in [6.07, 6.45) is 0. The van der Waals surface area contributed by atoms with E-state index >= 15 is 0 Å². The van der Waals surface area contributed by atoms with Gasteiger partial charge < -0.3 is 9.52 Å². The van der Waals surface area contributed by atoms with Crippen molar-refractivity contribution in [1.29, 1.82) is 0 Å². The maximum Gasteiger partial charge on any atom is 0.262 e. The molecule has 2 heterocycles. The first-order valence-electron chi connectivity index (χ1n) is 11.9. The zero-order chi connectivity index (χ0) is 26.2. The fourth-order valence-electron chi connectivity index (χ4n) is 3.94. The van der Waals surface area contributed by atoms with Crippen molar-refractivity contribution in [3.63, 3.8) is 0 Å². The first-order valence-corrected chi connectivity index (χ1v) is 12.8. The number of carbonyl (C=O) groups excluding carboxylic acids is 1. The molecule has 0 spiro atoms. The van der Waals surface area contributed by atoms with E-state index in [1.54, 1.807) is 18.2 Å². The number of aromatic nitrogens is 1. The Hall–Kier alpha value is -4.23. The summed E-state index contributed by atoms with van der Waals surface area (Å²) in [5, 5.41) is 15.9. The number of aryl methyl sites for hydroxylation is 1. The maximum absolute atomic E-state index is 13.4. The molecule has 7 heteroatoms. The van der Waals surface area contributed by atoms with E-state index in [0.717, 1.165) is 16.8 Å². The lowest BCUT2D eigenvalue weighted by molar-refractivity contribution is 0.102. The Morgan fingerprint density at radius 2 is 1.81 bits per heavy atom. The van der Waals surface area contributed by atoms with Crippen LogP contribution in [0.1, 0.15) is 42.3 Å². The van der Waals surface area contributed by atoms with Gasteiger partial charge in [0.1, 0.15) is 16.9 Å². The fraction of sp³-hybridized carbons (Fsp3) is 0.167. The predicted octanol–water partition coefficient (Wildman–Crippen LogP) is 7.35. The van der Waals surface area contributed by atoms with Crippen LogP contribution in [-0.2, 0) is 5.41 Å². The molecule has 5 aromatic rings. The van der Waals surface area contributed by atoms with Gasteiger partial charge in [-0.25, -0.2) is 9.98 Å². The Kier molecular flexibility index (Phi) is 6.39. The largest absolute Gasteiger partial charge is 0.508 e. The van der Waals surface area contributed by atoms with Crippen molar-refractivity contribution in [1.82, 2.24) is 4.98 Å². The number of phenols is 1. The first-order chi connectivity index (χ1) is 17.7. The average molecular weight is 510 g/mol. The lowest BCUT2D eigenvalue weighted by Crippen LogP contribution is -2.21. The minimum Gasteiger partial charge on any atom is -0.508 e. The number of amides is 1. The van der Waals surface area contributed by atoms with Gasteiger partial charge >= 0.3 is 0 Å². The highest BCUT2D eigenvalue weighted by molar-refractivity contribution is 7.14. The van der Waals surface area contributed by atoms with E-state index in [1.807, 2.05) is 36.6 Å². The fourth-order valence-corrected chi connectivity index (χ4v) is 4.65. The molecule has 0 saturated heterocycles. The summed E-state index contributed by atoms with van der Waals surface area (Å²) < 4.78 is 5.99. The third-order valence-electron chi connectivity index (χ3n) is 5.98. The van der Waals surface area contributed by atoms with Crippen LogP contribution in [-0.4, -0.2) is 16.0 Å². The number of hydrogen-bond acceptors (Lipinski definition) is 6. The van der Waals surface area contributed by atoms with E-state index in [4.69, 9.17) is 4.42 Å². The third kappa shape index (κ3) is 5.47. The molecule has 1 amide bonds. The van der Waals surface area contributed by atoms with Gasteiger partial charge in [-0.3, -0.25) is 10.1 Å². The maximum atomic E-state index is 13.4. The predicted molar refractivity (Wildman–Crippen MR) is 148 cm³/mol. The molecule has 0 aliphatic carbocycles. The number of nitrogens with zero attached hydrogens (tertiary/aromatic N) is 2.